The van der Waals surface area contributed by atoms with Crippen LogP contribution < -0.4 is 5.32 Å². The Bertz CT molecular complexity index is 688. The van der Waals surface area contributed by atoms with Gasteiger partial charge < -0.3 is 10.2 Å². The SMILES string of the molecule is CCN(CC)S(=O)(=O)c1ccc(CCNC(=NC)N2CCC(C)CC2)s1. The number of thiophene rings is 1. The van der Waals surface area contributed by atoms with Gasteiger partial charge in [0.1, 0.15) is 4.21 Å². The van der Waals surface area contributed by atoms with Crippen molar-refractivity contribution in [3.05, 3.63) is 17.0 Å². The number of piperidine rings is 1. The van der Waals surface area contributed by atoms with Gasteiger partial charge in [-0.25, -0.2) is 8.42 Å². The van der Waals surface area contributed by atoms with Crippen molar-refractivity contribution in [2.24, 2.45) is 10.9 Å². The van der Waals surface area contributed by atoms with Crippen LogP contribution in [0.25, 0.3) is 0 Å². The smallest absolute Gasteiger partial charge is 0.252 e. The number of nitrogens with one attached hydrogen (secondary N) is 1. The molecule has 2 heterocycles. The van der Waals surface area contributed by atoms with E-state index in [1.807, 2.05) is 27.0 Å². The van der Waals surface area contributed by atoms with Gasteiger partial charge in [-0.2, -0.15) is 4.31 Å². The molecule has 0 atom stereocenters. The highest BCUT2D eigenvalue weighted by Gasteiger charge is 2.23. The first kappa shape index (κ1) is 21.2. The predicted molar refractivity (Wildman–Crippen MR) is 109 cm³/mol. The molecular formula is C18H32N4O2S2. The number of likely N-dealkylation sites (tertiary alicyclic amines) is 1. The van der Waals surface area contributed by atoms with Crippen molar-refractivity contribution in [2.75, 3.05) is 39.8 Å². The highest BCUT2D eigenvalue weighted by Crippen LogP contribution is 2.25. The fourth-order valence-electron chi connectivity index (χ4n) is 3.17. The van der Waals surface area contributed by atoms with E-state index in [1.165, 1.54) is 28.5 Å². The Kier molecular flexibility index (Phi) is 7.91. The van der Waals surface area contributed by atoms with Gasteiger partial charge >= 0.3 is 0 Å². The molecule has 26 heavy (non-hydrogen) atoms. The van der Waals surface area contributed by atoms with E-state index in [0.29, 0.717) is 17.3 Å². The molecule has 0 aromatic carbocycles. The molecule has 1 saturated heterocycles. The van der Waals surface area contributed by atoms with Gasteiger partial charge in [-0.15, -0.1) is 11.3 Å². The Morgan fingerprint density at radius 2 is 1.96 bits per heavy atom. The maximum absolute atomic E-state index is 12.6. The number of guanidine groups is 1. The minimum atomic E-state index is -3.35. The third-order valence-electron chi connectivity index (χ3n) is 4.89. The molecule has 148 valence electrons. The molecule has 1 aromatic rings. The van der Waals surface area contributed by atoms with Crippen molar-refractivity contribution in [3.63, 3.8) is 0 Å². The molecule has 6 nitrogen and oxygen atoms in total. The lowest BCUT2D eigenvalue weighted by Gasteiger charge is -2.32. The molecule has 2 rings (SSSR count). The molecule has 1 aliphatic heterocycles. The predicted octanol–water partition coefficient (Wildman–Crippen LogP) is 2.63. The van der Waals surface area contributed by atoms with Crippen LogP contribution in [-0.2, 0) is 16.4 Å². The van der Waals surface area contributed by atoms with E-state index >= 15 is 0 Å². The second-order valence-electron chi connectivity index (χ2n) is 6.70. The maximum Gasteiger partial charge on any atom is 0.252 e. The fourth-order valence-corrected chi connectivity index (χ4v) is 6.14. The zero-order chi connectivity index (χ0) is 19.2. The van der Waals surface area contributed by atoms with Crippen LogP contribution in [0.3, 0.4) is 0 Å². The van der Waals surface area contributed by atoms with Gasteiger partial charge in [0.05, 0.1) is 0 Å². The average molecular weight is 401 g/mol. The van der Waals surface area contributed by atoms with E-state index in [2.05, 4.69) is 22.1 Å². The highest BCUT2D eigenvalue weighted by molar-refractivity contribution is 7.91. The molecule has 0 amide bonds. The van der Waals surface area contributed by atoms with Crippen LogP contribution in [0.5, 0.6) is 0 Å². The standard InChI is InChI=1S/C18H32N4O2S2/c1-5-22(6-2)26(23,24)17-8-7-16(25-17)9-12-20-18(19-4)21-13-10-15(3)11-14-21/h7-8,15H,5-6,9-14H2,1-4H3,(H,19,20). The van der Waals surface area contributed by atoms with Crippen molar-refractivity contribution in [2.45, 2.75) is 44.2 Å². The zero-order valence-electron chi connectivity index (χ0n) is 16.4. The summed E-state index contributed by atoms with van der Waals surface area (Å²) in [7, 11) is -1.53. The summed E-state index contributed by atoms with van der Waals surface area (Å²) >= 11 is 1.37. The van der Waals surface area contributed by atoms with Gasteiger partial charge in [0, 0.05) is 44.6 Å². The summed E-state index contributed by atoms with van der Waals surface area (Å²) in [5.74, 6) is 1.74. The number of rotatable bonds is 7. The van der Waals surface area contributed by atoms with Gasteiger partial charge in [0.2, 0.25) is 0 Å². The molecule has 0 aliphatic carbocycles. The summed E-state index contributed by atoms with van der Waals surface area (Å²) in [6.07, 6.45) is 3.21. The Morgan fingerprint density at radius 1 is 1.31 bits per heavy atom. The lowest BCUT2D eigenvalue weighted by Crippen LogP contribution is -2.45. The van der Waals surface area contributed by atoms with Crippen LogP contribution in [0.4, 0.5) is 0 Å². The van der Waals surface area contributed by atoms with Crippen molar-refractivity contribution >= 4 is 27.3 Å². The number of hydrogen-bond donors (Lipinski definition) is 1. The Morgan fingerprint density at radius 3 is 2.54 bits per heavy atom. The van der Waals surface area contributed by atoms with Gasteiger partial charge in [0.25, 0.3) is 10.0 Å². The van der Waals surface area contributed by atoms with Gasteiger partial charge in [-0.05, 0) is 37.3 Å². The summed E-state index contributed by atoms with van der Waals surface area (Å²) in [5, 5.41) is 3.42. The first-order chi connectivity index (χ1) is 12.4. The quantitative estimate of drug-likeness (QED) is 0.564. The van der Waals surface area contributed by atoms with Crippen molar-refractivity contribution in [1.82, 2.24) is 14.5 Å². The summed E-state index contributed by atoms with van der Waals surface area (Å²) in [5.41, 5.74) is 0. The monoisotopic (exact) mass is 400 g/mol. The third-order valence-corrected chi connectivity index (χ3v) is 8.55. The Labute approximate surface area is 162 Å². The van der Waals surface area contributed by atoms with Crippen molar-refractivity contribution in [3.8, 4) is 0 Å². The molecule has 1 fully saturated rings. The summed E-state index contributed by atoms with van der Waals surface area (Å²) in [6, 6.07) is 3.66. The van der Waals surface area contributed by atoms with Gasteiger partial charge in [0.15, 0.2) is 5.96 Å². The molecule has 0 saturated carbocycles. The molecule has 1 N–H and O–H groups in total. The molecule has 8 heteroatoms. The Balaban J connectivity index is 1.89. The first-order valence-corrected chi connectivity index (χ1v) is 11.7. The lowest BCUT2D eigenvalue weighted by atomic mass is 10.00. The molecule has 1 aromatic heterocycles. The lowest BCUT2D eigenvalue weighted by molar-refractivity contribution is 0.273. The average Bonchev–Trinajstić information content (AvgIpc) is 3.10. The molecule has 1 aliphatic rings. The normalized spacial score (nSPS) is 17.1. The minimum Gasteiger partial charge on any atom is -0.356 e. The largest absolute Gasteiger partial charge is 0.356 e. The van der Waals surface area contributed by atoms with Crippen molar-refractivity contribution in [1.29, 1.82) is 0 Å². The van der Waals surface area contributed by atoms with Crippen molar-refractivity contribution < 1.29 is 8.42 Å². The van der Waals surface area contributed by atoms with E-state index in [0.717, 1.165) is 42.8 Å². The molecule has 0 bridgehead atoms. The van der Waals surface area contributed by atoms with Gasteiger partial charge in [-0.1, -0.05) is 20.8 Å². The van der Waals surface area contributed by atoms with E-state index in [9.17, 15) is 8.42 Å². The van der Waals surface area contributed by atoms with Crippen LogP contribution in [0.15, 0.2) is 21.3 Å². The van der Waals surface area contributed by atoms with E-state index in [1.54, 1.807) is 6.07 Å². The first-order valence-electron chi connectivity index (χ1n) is 9.46. The number of aliphatic imine (C=N–C) groups is 1. The molecule has 0 spiro atoms. The van der Waals surface area contributed by atoms with Crippen LogP contribution in [0, 0.1) is 5.92 Å². The molecule has 0 unspecified atom stereocenters. The van der Waals surface area contributed by atoms with E-state index < -0.39 is 10.0 Å². The number of sulfonamides is 1. The second kappa shape index (κ2) is 9.71. The summed E-state index contributed by atoms with van der Waals surface area (Å²) in [4.78, 5) is 7.78. The summed E-state index contributed by atoms with van der Waals surface area (Å²) < 4.78 is 27.1. The van der Waals surface area contributed by atoms with Crippen LogP contribution >= 0.6 is 11.3 Å². The van der Waals surface area contributed by atoms with Crippen LogP contribution in [-0.4, -0.2) is 63.4 Å². The second-order valence-corrected chi connectivity index (χ2v) is 10.0. The fraction of sp³-hybridized carbons (Fsp3) is 0.722. The summed E-state index contributed by atoms with van der Waals surface area (Å²) in [6.45, 7) is 9.88. The van der Waals surface area contributed by atoms with Crippen LogP contribution in [0.2, 0.25) is 0 Å². The minimum absolute atomic E-state index is 0.436. The highest BCUT2D eigenvalue weighted by atomic mass is 32.2. The molecular weight excluding hydrogens is 368 g/mol. The Hall–Kier alpha value is -1.12. The van der Waals surface area contributed by atoms with E-state index in [4.69, 9.17) is 0 Å². The third kappa shape index (κ3) is 5.20. The maximum atomic E-state index is 12.6. The topological polar surface area (TPSA) is 65.0 Å². The molecule has 0 radical (unpaired) electrons. The number of hydrogen-bond acceptors (Lipinski definition) is 4. The van der Waals surface area contributed by atoms with E-state index in [-0.39, 0.29) is 0 Å². The van der Waals surface area contributed by atoms with Crippen LogP contribution in [0.1, 0.15) is 38.5 Å². The number of nitrogens with zero attached hydrogens (tertiary/aromatic N) is 3. The van der Waals surface area contributed by atoms with Gasteiger partial charge in [-0.3, -0.25) is 4.99 Å². The zero-order valence-corrected chi connectivity index (χ0v) is 18.0.